The van der Waals surface area contributed by atoms with E-state index in [0.29, 0.717) is 10.9 Å². The van der Waals surface area contributed by atoms with Gasteiger partial charge in [-0.15, -0.1) is 5.10 Å². The Kier molecular flexibility index (Phi) is 4.13. The lowest BCUT2D eigenvalue weighted by Gasteiger charge is -2.08. The van der Waals surface area contributed by atoms with Crippen LogP contribution in [0.4, 0.5) is 0 Å². The molecule has 1 aromatic heterocycles. The molecule has 96 valence electrons. The van der Waals surface area contributed by atoms with Crippen molar-refractivity contribution in [3.8, 4) is 5.75 Å². The summed E-state index contributed by atoms with van der Waals surface area (Å²) >= 11 is 4.91. The first-order chi connectivity index (χ1) is 8.61. The third-order valence-electron chi connectivity index (χ3n) is 2.44. The number of halogens is 1. The number of nitrogens with one attached hydrogen (secondary N) is 1. The molecular weight excluding hydrogens is 318 g/mol. The fraction of sp³-hybridized carbons (Fsp3) is 0.273. The van der Waals surface area contributed by atoms with E-state index in [1.54, 1.807) is 14.2 Å². The van der Waals surface area contributed by atoms with Crippen LogP contribution in [0.15, 0.2) is 32.6 Å². The van der Waals surface area contributed by atoms with Crippen LogP contribution in [0.25, 0.3) is 0 Å². The third-order valence-corrected chi connectivity index (χ3v) is 4.01. The molecule has 0 bridgehead atoms. The van der Waals surface area contributed by atoms with Gasteiger partial charge in [-0.2, -0.15) is 0 Å². The summed E-state index contributed by atoms with van der Waals surface area (Å²) in [5.41, 5.74) is 0.839. The summed E-state index contributed by atoms with van der Waals surface area (Å²) in [5.74, 6) is 1.51. The Morgan fingerprint density at radius 1 is 1.56 bits per heavy atom. The second-order valence-corrected chi connectivity index (χ2v) is 5.47. The lowest BCUT2D eigenvalue weighted by Crippen LogP contribution is -2.12. The van der Waals surface area contributed by atoms with Gasteiger partial charge in [0.2, 0.25) is 0 Å². The Morgan fingerprint density at radius 3 is 2.94 bits per heavy atom. The molecule has 0 amide bonds. The summed E-state index contributed by atoms with van der Waals surface area (Å²) in [7, 11) is 3.33. The quantitative estimate of drug-likeness (QED) is 0.873. The fourth-order valence-electron chi connectivity index (χ4n) is 1.46. The third kappa shape index (κ3) is 2.78. The van der Waals surface area contributed by atoms with E-state index in [-0.39, 0.29) is 5.69 Å². The maximum Gasteiger partial charge on any atom is 0.343 e. The fourth-order valence-corrected chi connectivity index (χ4v) is 2.77. The van der Waals surface area contributed by atoms with E-state index in [4.69, 9.17) is 4.74 Å². The van der Waals surface area contributed by atoms with E-state index in [1.165, 1.54) is 16.3 Å². The van der Waals surface area contributed by atoms with Crippen molar-refractivity contribution >= 4 is 27.7 Å². The SMILES string of the molecule is COc1ccc(Br)cc1CSc1n[nH]c(=O)n1C. The number of benzene rings is 1. The van der Waals surface area contributed by atoms with Crippen molar-refractivity contribution in [3.63, 3.8) is 0 Å². The van der Waals surface area contributed by atoms with Crippen LogP contribution >= 0.6 is 27.7 Å². The van der Waals surface area contributed by atoms with Crippen molar-refractivity contribution in [1.82, 2.24) is 14.8 Å². The predicted molar refractivity (Wildman–Crippen MR) is 74.1 cm³/mol. The molecule has 0 aliphatic heterocycles. The molecule has 0 fully saturated rings. The summed E-state index contributed by atoms with van der Waals surface area (Å²) in [6.07, 6.45) is 0. The first kappa shape index (κ1) is 13.2. The Labute approximate surface area is 117 Å². The number of H-pyrrole nitrogens is 1. The average molecular weight is 330 g/mol. The molecule has 0 unspecified atom stereocenters. The van der Waals surface area contributed by atoms with Crippen molar-refractivity contribution in [1.29, 1.82) is 0 Å². The van der Waals surface area contributed by atoms with Crippen LogP contribution in [0.1, 0.15) is 5.56 Å². The van der Waals surface area contributed by atoms with Crippen LogP contribution in [0.3, 0.4) is 0 Å². The molecule has 7 heteroatoms. The van der Waals surface area contributed by atoms with Gasteiger partial charge in [0.05, 0.1) is 7.11 Å². The minimum Gasteiger partial charge on any atom is -0.496 e. The van der Waals surface area contributed by atoms with Crippen LogP contribution in [0, 0.1) is 0 Å². The first-order valence-electron chi connectivity index (χ1n) is 5.18. The lowest BCUT2D eigenvalue weighted by molar-refractivity contribution is 0.411. The van der Waals surface area contributed by atoms with Gasteiger partial charge in [0, 0.05) is 22.8 Å². The van der Waals surface area contributed by atoms with Gasteiger partial charge in [-0.05, 0) is 18.2 Å². The standard InChI is InChI=1S/C11H12BrN3O2S/c1-15-10(16)13-14-11(15)18-6-7-5-8(12)3-4-9(7)17-2/h3-5H,6H2,1-2H3,(H,13,16). The number of aromatic nitrogens is 3. The van der Waals surface area contributed by atoms with E-state index < -0.39 is 0 Å². The highest BCUT2D eigenvalue weighted by Crippen LogP contribution is 2.28. The number of ether oxygens (including phenoxy) is 1. The molecule has 0 saturated carbocycles. The molecule has 5 nitrogen and oxygen atoms in total. The smallest absolute Gasteiger partial charge is 0.343 e. The van der Waals surface area contributed by atoms with Crippen LogP contribution in [0.2, 0.25) is 0 Å². The number of nitrogens with zero attached hydrogens (tertiary/aromatic N) is 2. The summed E-state index contributed by atoms with van der Waals surface area (Å²) in [6.45, 7) is 0. The number of hydrogen-bond acceptors (Lipinski definition) is 4. The maximum atomic E-state index is 11.2. The van der Waals surface area contributed by atoms with Gasteiger partial charge in [0.15, 0.2) is 5.16 Å². The molecule has 1 aromatic carbocycles. The number of thioether (sulfide) groups is 1. The van der Waals surface area contributed by atoms with E-state index in [0.717, 1.165) is 15.8 Å². The monoisotopic (exact) mass is 329 g/mol. The zero-order valence-electron chi connectivity index (χ0n) is 9.94. The van der Waals surface area contributed by atoms with Crippen LogP contribution in [-0.2, 0) is 12.8 Å². The second-order valence-electron chi connectivity index (χ2n) is 3.62. The van der Waals surface area contributed by atoms with Gasteiger partial charge >= 0.3 is 5.69 Å². The Balaban J connectivity index is 2.17. The summed E-state index contributed by atoms with van der Waals surface area (Å²) in [5, 5.41) is 7.01. The Morgan fingerprint density at radius 2 is 2.33 bits per heavy atom. The highest BCUT2D eigenvalue weighted by Gasteiger charge is 2.08. The number of hydrogen-bond donors (Lipinski definition) is 1. The second kappa shape index (κ2) is 5.62. The van der Waals surface area contributed by atoms with Gasteiger partial charge in [0.25, 0.3) is 0 Å². The van der Waals surface area contributed by atoms with Crippen molar-refractivity contribution in [2.75, 3.05) is 7.11 Å². The van der Waals surface area contributed by atoms with E-state index in [1.807, 2.05) is 18.2 Å². The van der Waals surface area contributed by atoms with Gasteiger partial charge in [0.1, 0.15) is 5.75 Å². The minimum atomic E-state index is -0.210. The molecule has 1 heterocycles. The molecule has 2 rings (SSSR count). The molecule has 0 atom stereocenters. The van der Waals surface area contributed by atoms with Gasteiger partial charge in [-0.1, -0.05) is 27.7 Å². The summed E-state index contributed by atoms with van der Waals surface area (Å²) < 4.78 is 7.77. The van der Waals surface area contributed by atoms with Crippen molar-refractivity contribution in [3.05, 3.63) is 38.7 Å². The molecule has 0 spiro atoms. The predicted octanol–water partition coefficient (Wildman–Crippen LogP) is 2.17. The molecule has 2 aromatic rings. The number of rotatable bonds is 4. The average Bonchev–Trinajstić information content (AvgIpc) is 2.68. The molecule has 0 saturated heterocycles. The van der Waals surface area contributed by atoms with Crippen molar-refractivity contribution in [2.24, 2.45) is 7.05 Å². The minimum absolute atomic E-state index is 0.210. The zero-order chi connectivity index (χ0) is 13.1. The Bertz CT molecular complexity index is 609. The molecule has 0 radical (unpaired) electrons. The zero-order valence-corrected chi connectivity index (χ0v) is 12.3. The summed E-state index contributed by atoms with van der Waals surface area (Å²) in [6, 6.07) is 5.83. The van der Waals surface area contributed by atoms with Crippen LogP contribution in [0.5, 0.6) is 5.75 Å². The lowest BCUT2D eigenvalue weighted by atomic mass is 10.2. The first-order valence-corrected chi connectivity index (χ1v) is 6.96. The van der Waals surface area contributed by atoms with Gasteiger partial charge in [-0.25, -0.2) is 9.89 Å². The number of aromatic amines is 1. The van der Waals surface area contributed by atoms with E-state index >= 15 is 0 Å². The maximum absolute atomic E-state index is 11.2. The molecule has 1 N–H and O–H groups in total. The van der Waals surface area contributed by atoms with Crippen molar-refractivity contribution in [2.45, 2.75) is 10.9 Å². The van der Waals surface area contributed by atoms with Gasteiger partial charge in [-0.3, -0.25) is 4.57 Å². The van der Waals surface area contributed by atoms with Crippen LogP contribution < -0.4 is 10.4 Å². The van der Waals surface area contributed by atoms with Crippen molar-refractivity contribution < 1.29 is 4.74 Å². The normalized spacial score (nSPS) is 10.6. The van der Waals surface area contributed by atoms with Gasteiger partial charge < -0.3 is 4.74 Å². The topological polar surface area (TPSA) is 59.9 Å². The van der Waals surface area contributed by atoms with E-state index in [2.05, 4.69) is 26.1 Å². The van der Waals surface area contributed by atoms with E-state index in [9.17, 15) is 4.79 Å². The molecule has 0 aliphatic carbocycles. The Hall–Kier alpha value is -1.21. The molecule has 0 aliphatic rings. The highest BCUT2D eigenvalue weighted by atomic mass is 79.9. The van der Waals surface area contributed by atoms with Crippen LogP contribution in [-0.4, -0.2) is 21.9 Å². The summed E-state index contributed by atoms with van der Waals surface area (Å²) in [4.78, 5) is 11.2. The molecular formula is C11H12BrN3O2S. The number of methoxy groups -OCH3 is 1. The largest absolute Gasteiger partial charge is 0.496 e. The highest BCUT2D eigenvalue weighted by molar-refractivity contribution is 9.10. The molecule has 18 heavy (non-hydrogen) atoms.